The first-order chi connectivity index (χ1) is 12.9. The second-order valence-electron chi connectivity index (χ2n) is 6.77. The summed E-state index contributed by atoms with van der Waals surface area (Å²) in [5.41, 5.74) is 1.66. The van der Waals surface area contributed by atoms with E-state index in [0.717, 1.165) is 11.1 Å². The molecule has 0 spiro atoms. The normalized spacial score (nSPS) is 13.0. The number of rotatable bonds is 9. The van der Waals surface area contributed by atoms with Crippen LogP contribution in [0.4, 0.5) is 0 Å². The van der Waals surface area contributed by atoms with Gasteiger partial charge in [0.25, 0.3) is 0 Å². The standard InChI is InChI=1S/C22H27NO4/c1-4-19(16-8-6-5-7-9-16)22(26)23-20(14-21(24)25)17-10-12-18(13-11-17)27-15(2)3/h5-13,15,19-20H,4,14H2,1-3H3,(H,23,26)(H,24,25)/t19-,20+/m0/s1. The van der Waals surface area contributed by atoms with Crippen LogP contribution in [-0.2, 0) is 9.59 Å². The van der Waals surface area contributed by atoms with Crippen LogP contribution < -0.4 is 10.1 Å². The average molecular weight is 369 g/mol. The van der Waals surface area contributed by atoms with Gasteiger partial charge in [0.2, 0.25) is 5.91 Å². The van der Waals surface area contributed by atoms with E-state index in [2.05, 4.69) is 5.32 Å². The first kappa shape index (κ1) is 20.5. The monoisotopic (exact) mass is 369 g/mol. The van der Waals surface area contributed by atoms with Crippen LogP contribution in [0.15, 0.2) is 54.6 Å². The number of ether oxygens (including phenoxy) is 1. The van der Waals surface area contributed by atoms with Gasteiger partial charge in [0.1, 0.15) is 5.75 Å². The number of carboxylic acids is 1. The quantitative estimate of drug-likeness (QED) is 0.691. The zero-order chi connectivity index (χ0) is 19.8. The molecule has 0 heterocycles. The fourth-order valence-corrected chi connectivity index (χ4v) is 3.01. The van der Waals surface area contributed by atoms with E-state index in [1.165, 1.54) is 0 Å². The summed E-state index contributed by atoms with van der Waals surface area (Å²) in [6.45, 7) is 5.83. The van der Waals surface area contributed by atoms with Crippen molar-refractivity contribution < 1.29 is 19.4 Å². The summed E-state index contributed by atoms with van der Waals surface area (Å²) >= 11 is 0. The van der Waals surface area contributed by atoms with E-state index in [9.17, 15) is 14.7 Å². The summed E-state index contributed by atoms with van der Waals surface area (Å²) in [7, 11) is 0. The lowest BCUT2D eigenvalue weighted by molar-refractivity contribution is -0.137. The van der Waals surface area contributed by atoms with Gasteiger partial charge < -0.3 is 15.2 Å². The summed E-state index contributed by atoms with van der Waals surface area (Å²) in [5, 5.41) is 12.2. The van der Waals surface area contributed by atoms with Crippen molar-refractivity contribution in [3.63, 3.8) is 0 Å². The second-order valence-corrected chi connectivity index (χ2v) is 6.77. The van der Waals surface area contributed by atoms with E-state index in [4.69, 9.17) is 4.74 Å². The number of carbonyl (C=O) groups excluding carboxylic acids is 1. The molecule has 2 aromatic carbocycles. The Morgan fingerprint density at radius 1 is 1.00 bits per heavy atom. The van der Waals surface area contributed by atoms with Gasteiger partial charge in [-0.05, 0) is 43.5 Å². The smallest absolute Gasteiger partial charge is 0.305 e. The molecule has 0 radical (unpaired) electrons. The van der Waals surface area contributed by atoms with Crippen molar-refractivity contribution in [2.24, 2.45) is 0 Å². The summed E-state index contributed by atoms with van der Waals surface area (Å²) in [6, 6.07) is 16.1. The number of carbonyl (C=O) groups is 2. The molecule has 0 unspecified atom stereocenters. The number of carboxylic acid groups (broad SMARTS) is 1. The van der Waals surface area contributed by atoms with Crippen LogP contribution in [0.25, 0.3) is 0 Å². The fraction of sp³-hybridized carbons (Fsp3) is 0.364. The van der Waals surface area contributed by atoms with E-state index >= 15 is 0 Å². The third-order valence-electron chi connectivity index (χ3n) is 4.28. The minimum absolute atomic E-state index is 0.0570. The lowest BCUT2D eigenvalue weighted by Crippen LogP contribution is -2.34. The summed E-state index contributed by atoms with van der Waals surface area (Å²) in [4.78, 5) is 24.1. The summed E-state index contributed by atoms with van der Waals surface area (Å²) in [5.74, 6) is -0.732. The molecule has 5 heteroatoms. The maximum absolute atomic E-state index is 12.8. The van der Waals surface area contributed by atoms with Gasteiger partial charge >= 0.3 is 5.97 Å². The second kappa shape index (κ2) is 9.76. The van der Waals surface area contributed by atoms with Crippen molar-refractivity contribution in [1.82, 2.24) is 5.32 Å². The van der Waals surface area contributed by atoms with Gasteiger partial charge in [0, 0.05) is 0 Å². The molecule has 5 nitrogen and oxygen atoms in total. The van der Waals surface area contributed by atoms with Gasteiger partial charge in [0.05, 0.1) is 24.5 Å². The zero-order valence-corrected chi connectivity index (χ0v) is 16.0. The largest absolute Gasteiger partial charge is 0.491 e. The predicted octanol–water partition coefficient (Wildman–Crippen LogP) is 4.30. The molecule has 0 saturated heterocycles. The van der Waals surface area contributed by atoms with Crippen LogP contribution in [0.2, 0.25) is 0 Å². The van der Waals surface area contributed by atoms with Gasteiger partial charge in [-0.1, -0.05) is 49.4 Å². The Labute approximate surface area is 160 Å². The Hall–Kier alpha value is -2.82. The molecule has 2 aromatic rings. The number of hydrogen-bond donors (Lipinski definition) is 2. The summed E-state index contributed by atoms with van der Waals surface area (Å²) < 4.78 is 5.62. The molecule has 0 aliphatic heterocycles. The SMILES string of the molecule is CC[C@H](C(=O)N[C@H](CC(=O)O)c1ccc(OC(C)C)cc1)c1ccccc1. The van der Waals surface area contributed by atoms with Crippen LogP contribution in [0.5, 0.6) is 5.75 Å². The third kappa shape index (κ3) is 6.13. The van der Waals surface area contributed by atoms with Crippen molar-refractivity contribution >= 4 is 11.9 Å². The number of nitrogens with one attached hydrogen (secondary N) is 1. The molecular formula is C22H27NO4. The predicted molar refractivity (Wildman–Crippen MR) is 105 cm³/mol. The lowest BCUT2D eigenvalue weighted by atomic mass is 9.94. The van der Waals surface area contributed by atoms with Crippen molar-refractivity contribution in [3.8, 4) is 5.75 Å². The minimum atomic E-state index is -0.962. The Bertz CT molecular complexity index is 741. The van der Waals surface area contributed by atoms with Gasteiger partial charge in [-0.3, -0.25) is 9.59 Å². The van der Waals surface area contributed by atoms with Crippen LogP contribution in [0.3, 0.4) is 0 Å². The van der Waals surface area contributed by atoms with Crippen LogP contribution in [0.1, 0.15) is 56.7 Å². The molecule has 2 N–H and O–H groups in total. The maximum Gasteiger partial charge on any atom is 0.305 e. The van der Waals surface area contributed by atoms with Gasteiger partial charge in [0.15, 0.2) is 0 Å². The van der Waals surface area contributed by atoms with Crippen molar-refractivity contribution in [2.75, 3.05) is 0 Å². The Morgan fingerprint density at radius 3 is 2.15 bits per heavy atom. The molecule has 0 aliphatic rings. The van der Waals surface area contributed by atoms with Crippen LogP contribution in [-0.4, -0.2) is 23.1 Å². The highest BCUT2D eigenvalue weighted by molar-refractivity contribution is 5.84. The fourth-order valence-electron chi connectivity index (χ4n) is 3.01. The topological polar surface area (TPSA) is 75.6 Å². The highest BCUT2D eigenvalue weighted by Crippen LogP contribution is 2.25. The van der Waals surface area contributed by atoms with E-state index < -0.39 is 12.0 Å². The number of amides is 1. The molecule has 144 valence electrons. The number of hydrogen-bond acceptors (Lipinski definition) is 3. The number of benzene rings is 2. The third-order valence-corrected chi connectivity index (χ3v) is 4.28. The zero-order valence-electron chi connectivity index (χ0n) is 16.0. The first-order valence-corrected chi connectivity index (χ1v) is 9.24. The Balaban J connectivity index is 2.18. The number of aliphatic carboxylic acids is 1. The van der Waals surface area contributed by atoms with Crippen molar-refractivity contribution in [1.29, 1.82) is 0 Å². The van der Waals surface area contributed by atoms with E-state index in [0.29, 0.717) is 12.2 Å². The molecule has 1 amide bonds. The molecule has 2 rings (SSSR count). The molecule has 0 saturated carbocycles. The highest BCUT2D eigenvalue weighted by atomic mass is 16.5. The average Bonchev–Trinajstić information content (AvgIpc) is 2.62. The van der Waals surface area contributed by atoms with Gasteiger partial charge in [-0.2, -0.15) is 0 Å². The summed E-state index contributed by atoms with van der Waals surface area (Å²) in [6.07, 6.45) is 0.513. The van der Waals surface area contributed by atoms with Crippen LogP contribution in [0, 0.1) is 0 Å². The molecular weight excluding hydrogens is 342 g/mol. The van der Waals surface area contributed by atoms with E-state index in [1.807, 2.05) is 51.1 Å². The minimum Gasteiger partial charge on any atom is -0.491 e. The first-order valence-electron chi connectivity index (χ1n) is 9.24. The molecule has 0 bridgehead atoms. The molecule has 0 aliphatic carbocycles. The molecule has 27 heavy (non-hydrogen) atoms. The lowest BCUT2D eigenvalue weighted by Gasteiger charge is -2.22. The molecule has 2 atom stereocenters. The van der Waals surface area contributed by atoms with E-state index in [1.54, 1.807) is 24.3 Å². The molecule has 0 aromatic heterocycles. The van der Waals surface area contributed by atoms with Crippen molar-refractivity contribution in [3.05, 3.63) is 65.7 Å². The van der Waals surface area contributed by atoms with Crippen LogP contribution >= 0.6 is 0 Å². The van der Waals surface area contributed by atoms with E-state index in [-0.39, 0.29) is 24.3 Å². The maximum atomic E-state index is 12.8. The van der Waals surface area contributed by atoms with Crippen molar-refractivity contribution in [2.45, 2.75) is 51.7 Å². The van der Waals surface area contributed by atoms with Gasteiger partial charge in [-0.25, -0.2) is 0 Å². The molecule has 0 fully saturated rings. The van der Waals surface area contributed by atoms with Gasteiger partial charge in [-0.15, -0.1) is 0 Å². The highest BCUT2D eigenvalue weighted by Gasteiger charge is 2.24. The Morgan fingerprint density at radius 2 is 1.63 bits per heavy atom. The Kier molecular flexibility index (Phi) is 7.41.